The maximum absolute atomic E-state index is 12.3. The van der Waals surface area contributed by atoms with Crippen LogP contribution in [0.1, 0.15) is 41.1 Å². The highest BCUT2D eigenvalue weighted by atomic mass is 32.2. The standard InChI is InChI=1S/C20H22O5S/c1-25-20(22)18(15-7-4-3-5-8-15)9-6-10-19(21)16-11-13-17(14-12-16)26(2,23)24/h3-5,7-8,11-14,18H,6,9-10H2,1-2H3. The molecule has 0 bridgehead atoms. The Morgan fingerprint density at radius 1 is 1.00 bits per heavy atom. The van der Waals surface area contributed by atoms with Crippen molar-refractivity contribution >= 4 is 21.6 Å². The molecule has 1 atom stereocenters. The highest BCUT2D eigenvalue weighted by molar-refractivity contribution is 7.90. The van der Waals surface area contributed by atoms with Crippen molar-refractivity contribution in [2.75, 3.05) is 13.4 Å². The van der Waals surface area contributed by atoms with Gasteiger partial charge in [-0.05, 0) is 30.5 Å². The zero-order chi connectivity index (χ0) is 19.2. The molecule has 1 unspecified atom stereocenters. The van der Waals surface area contributed by atoms with E-state index in [0.29, 0.717) is 18.4 Å². The lowest BCUT2D eigenvalue weighted by atomic mass is 9.92. The van der Waals surface area contributed by atoms with Gasteiger partial charge in [0.15, 0.2) is 15.6 Å². The monoisotopic (exact) mass is 374 g/mol. The average Bonchev–Trinajstić information content (AvgIpc) is 2.64. The van der Waals surface area contributed by atoms with Gasteiger partial charge in [-0.1, -0.05) is 42.5 Å². The molecule has 0 amide bonds. The molecule has 0 fully saturated rings. The molecule has 6 heteroatoms. The Hall–Kier alpha value is -2.47. The van der Waals surface area contributed by atoms with Gasteiger partial charge in [0, 0.05) is 18.2 Å². The minimum Gasteiger partial charge on any atom is -0.469 e. The van der Waals surface area contributed by atoms with Crippen LogP contribution in [0.5, 0.6) is 0 Å². The molecule has 5 nitrogen and oxygen atoms in total. The van der Waals surface area contributed by atoms with Crippen LogP contribution in [0.25, 0.3) is 0 Å². The Morgan fingerprint density at radius 3 is 2.15 bits per heavy atom. The van der Waals surface area contributed by atoms with E-state index in [4.69, 9.17) is 4.74 Å². The van der Waals surface area contributed by atoms with E-state index in [2.05, 4.69) is 0 Å². The summed E-state index contributed by atoms with van der Waals surface area (Å²) in [5.41, 5.74) is 1.33. The third kappa shape index (κ3) is 5.26. The van der Waals surface area contributed by atoms with Crippen LogP contribution in [-0.2, 0) is 19.4 Å². The van der Waals surface area contributed by atoms with Gasteiger partial charge < -0.3 is 4.74 Å². The molecule has 0 aliphatic heterocycles. The number of methoxy groups -OCH3 is 1. The first kappa shape index (κ1) is 19.8. The van der Waals surface area contributed by atoms with Crippen molar-refractivity contribution < 1.29 is 22.7 Å². The van der Waals surface area contributed by atoms with Crippen molar-refractivity contribution in [3.8, 4) is 0 Å². The number of sulfone groups is 1. The topological polar surface area (TPSA) is 77.5 Å². The fourth-order valence-corrected chi connectivity index (χ4v) is 3.38. The van der Waals surface area contributed by atoms with Gasteiger partial charge in [-0.25, -0.2) is 8.42 Å². The lowest BCUT2D eigenvalue weighted by Gasteiger charge is -2.14. The van der Waals surface area contributed by atoms with Crippen LogP contribution in [0.3, 0.4) is 0 Å². The Bertz CT molecular complexity index is 855. The van der Waals surface area contributed by atoms with Gasteiger partial charge in [0.25, 0.3) is 0 Å². The predicted octanol–water partition coefficient (Wildman–Crippen LogP) is 3.40. The Labute approximate surface area is 153 Å². The summed E-state index contributed by atoms with van der Waals surface area (Å²) in [5.74, 6) is -0.801. The molecule has 2 aromatic carbocycles. The molecule has 2 rings (SSSR count). The number of rotatable bonds is 8. The van der Waals surface area contributed by atoms with Crippen molar-refractivity contribution in [1.82, 2.24) is 0 Å². The maximum Gasteiger partial charge on any atom is 0.313 e. The zero-order valence-corrected chi connectivity index (χ0v) is 15.7. The summed E-state index contributed by atoms with van der Waals surface area (Å²) in [6.45, 7) is 0. The third-order valence-corrected chi connectivity index (χ3v) is 5.32. The molecule has 0 aromatic heterocycles. The summed E-state index contributed by atoms with van der Waals surface area (Å²) in [6.07, 6.45) is 2.43. The number of carbonyl (C=O) groups is 2. The summed E-state index contributed by atoms with van der Waals surface area (Å²) in [6, 6.07) is 15.2. The number of esters is 1. The summed E-state index contributed by atoms with van der Waals surface area (Å²) in [7, 11) is -1.93. The molecule has 0 radical (unpaired) electrons. The lowest BCUT2D eigenvalue weighted by molar-refractivity contribution is -0.142. The van der Waals surface area contributed by atoms with Gasteiger partial charge in [0.1, 0.15) is 0 Å². The molecule has 26 heavy (non-hydrogen) atoms. The quantitative estimate of drug-likeness (QED) is 0.523. The molecule has 0 saturated carbocycles. The van der Waals surface area contributed by atoms with E-state index >= 15 is 0 Å². The van der Waals surface area contributed by atoms with Crippen LogP contribution in [0, 0.1) is 0 Å². The second kappa shape index (κ2) is 8.76. The molecule has 0 spiro atoms. The number of carbonyl (C=O) groups excluding carboxylic acids is 2. The Morgan fingerprint density at radius 2 is 1.62 bits per heavy atom. The number of Topliss-reactive ketones (excluding diaryl/α,β-unsaturated/α-hetero) is 1. The van der Waals surface area contributed by atoms with Gasteiger partial charge in [-0.2, -0.15) is 0 Å². The van der Waals surface area contributed by atoms with E-state index in [-0.39, 0.29) is 23.1 Å². The molecule has 0 heterocycles. The molecule has 0 N–H and O–H groups in total. The molecule has 0 aliphatic carbocycles. The second-order valence-electron chi connectivity index (χ2n) is 6.10. The number of ether oxygens (including phenoxy) is 1. The minimum atomic E-state index is -3.28. The predicted molar refractivity (Wildman–Crippen MR) is 98.9 cm³/mol. The first-order chi connectivity index (χ1) is 12.3. The summed E-state index contributed by atoms with van der Waals surface area (Å²) < 4.78 is 27.8. The maximum atomic E-state index is 12.3. The smallest absolute Gasteiger partial charge is 0.313 e. The van der Waals surface area contributed by atoms with Crippen LogP contribution in [0.15, 0.2) is 59.5 Å². The van der Waals surface area contributed by atoms with Crippen molar-refractivity contribution in [2.45, 2.75) is 30.1 Å². The van der Waals surface area contributed by atoms with E-state index < -0.39 is 15.8 Å². The van der Waals surface area contributed by atoms with Crippen molar-refractivity contribution in [1.29, 1.82) is 0 Å². The fourth-order valence-electron chi connectivity index (χ4n) is 2.75. The van der Waals surface area contributed by atoms with Crippen molar-refractivity contribution in [2.24, 2.45) is 0 Å². The summed E-state index contributed by atoms with van der Waals surface area (Å²) in [5, 5.41) is 0. The number of ketones is 1. The molecule has 0 saturated heterocycles. The first-order valence-electron chi connectivity index (χ1n) is 8.29. The SMILES string of the molecule is COC(=O)C(CCCC(=O)c1ccc(S(C)(=O)=O)cc1)c1ccccc1. The molecule has 138 valence electrons. The number of hydrogen-bond acceptors (Lipinski definition) is 5. The summed E-state index contributed by atoms with van der Waals surface area (Å²) in [4.78, 5) is 24.5. The Kier molecular flexibility index (Phi) is 6.69. The van der Waals surface area contributed by atoms with Crippen LogP contribution in [0.4, 0.5) is 0 Å². The largest absolute Gasteiger partial charge is 0.469 e. The lowest BCUT2D eigenvalue weighted by Crippen LogP contribution is -2.15. The van der Waals surface area contributed by atoms with E-state index in [1.54, 1.807) is 0 Å². The Balaban J connectivity index is 1.98. The van der Waals surface area contributed by atoms with Gasteiger partial charge >= 0.3 is 5.97 Å². The first-order valence-corrected chi connectivity index (χ1v) is 10.2. The van der Waals surface area contributed by atoms with Gasteiger partial charge in [0.05, 0.1) is 17.9 Å². The highest BCUT2D eigenvalue weighted by Crippen LogP contribution is 2.24. The van der Waals surface area contributed by atoms with Crippen LogP contribution in [-0.4, -0.2) is 33.5 Å². The van der Waals surface area contributed by atoms with Crippen LogP contribution < -0.4 is 0 Å². The zero-order valence-electron chi connectivity index (χ0n) is 14.8. The molecular weight excluding hydrogens is 352 g/mol. The van der Waals surface area contributed by atoms with Crippen molar-refractivity contribution in [3.05, 3.63) is 65.7 Å². The van der Waals surface area contributed by atoms with Crippen molar-refractivity contribution in [3.63, 3.8) is 0 Å². The fraction of sp³-hybridized carbons (Fsp3) is 0.300. The highest BCUT2D eigenvalue weighted by Gasteiger charge is 2.21. The van der Waals surface area contributed by atoms with Crippen LogP contribution >= 0.6 is 0 Å². The molecule has 0 aliphatic rings. The minimum absolute atomic E-state index is 0.0817. The van der Waals surface area contributed by atoms with E-state index in [9.17, 15) is 18.0 Å². The van der Waals surface area contributed by atoms with Gasteiger partial charge in [0.2, 0.25) is 0 Å². The number of benzene rings is 2. The van der Waals surface area contributed by atoms with Gasteiger partial charge in [-0.15, -0.1) is 0 Å². The third-order valence-electron chi connectivity index (χ3n) is 4.19. The molecular formula is C20H22O5S. The van der Waals surface area contributed by atoms with Crippen LogP contribution in [0.2, 0.25) is 0 Å². The number of hydrogen-bond donors (Lipinski definition) is 0. The van der Waals surface area contributed by atoms with Gasteiger partial charge in [-0.3, -0.25) is 9.59 Å². The average molecular weight is 374 g/mol. The van der Waals surface area contributed by atoms with E-state index in [1.165, 1.54) is 31.4 Å². The molecule has 2 aromatic rings. The van der Waals surface area contributed by atoms with E-state index in [1.807, 2.05) is 30.3 Å². The second-order valence-corrected chi connectivity index (χ2v) is 8.11. The summed E-state index contributed by atoms with van der Waals surface area (Å²) >= 11 is 0. The normalized spacial score (nSPS) is 12.4. The van der Waals surface area contributed by atoms with E-state index in [0.717, 1.165) is 11.8 Å².